The molecule has 81 valence electrons. The van der Waals surface area contributed by atoms with Gasteiger partial charge in [0.15, 0.2) is 0 Å². The number of nitrogens with one attached hydrogen (secondary N) is 1. The van der Waals surface area contributed by atoms with E-state index < -0.39 is 0 Å². The molecule has 0 spiro atoms. The van der Waals surface area contributed by atoms with Gasteiger partial charge < -0.3 is 10.1 Å². The van der Waals surface area contributed by atoms with Crippen LogP contribution in [0.1, 0.15) is 24.4 Å². The summed E-state index contributed by atoms with van der Waals surface area (Å²) in [4.78, 5) is 0. The summed E-state index contributed by atoms with van der Waals surface area (Å²) in [6.07, 6.45) is 2.72. The normalized spacial score (nSPS) is 22.9. The van der Waals surface area contributed by atoms with Crippen LogP contribution in [0.5, 0.6) is 0 Å². The van der Waals surface area contributed by atoms with E-state index in [1.165, 1.54) is 6.07 Å². The fourth-order valence-corrected chi connectivity index (χ4v) is 1.95. The van der Waals surface area contributed by atoms with Crippen molar-refractivity contribution in [2.24, 2.45) is 0 Å². The van der Waals surface area contributed by atoms with Crippen molar-refractivity contribution in [1.82, 2.24) is 5.32 Å². The number of ether oxygens (including phenoxy) is 1. The Kier molecular flexibility index (Phi) is 3.34. The predicted octanol–water partition coefficient (Wildman–Crippen LogP) is 2.43. The molecule has 1 unspecified atom stereocenters. The van der Waals surface area contributed by atoms with Gasteiger partial charge in [0, 0.05) is 18.7 Å². The Bertz CT molecular complexity index is 329. The van der Waals surface area contributed by atoms with Gasteiger partial charge in [-0.3, -0.25) is 0 Å². The smallest absolute Gasteiger partial charge is 0.127 e. The molecule has 3 heteroatoms. The standard InChI is InChI=1S/C12H15FNO/c1-15-9-6-7-14-12(8-9)10-4-2-3-5-11(10)13/h2-5,12,14H,6-8H2,1H3. The lowest BCUT2D eigenvalue weighted by Crippen LogP contribution is -2.32. The van der Waals surface area contributed by atoms with Gasteiger partial charge in [-0.1, -0.05) is 18.2 Å². The van der Waals surface area contributed by atoms with Gasteiger partial charge in [0.2, 0.25) is 0 Å². The first-order valence-electron chi connectivity index (χ1n) is 5.17. The largest absolute Gasteiger partial charge is 0.375 e. The zero-order chi connectivity index (χ0) is 10.7. The van der Waals surface area contributed by atoms with Crippen LogP contribution in [0, 0.1) is 11.9 Å². The van der Waals surface area contributed by atoms with Crippen molar-refractivity contribution >= 4 is 0 Å². The van der Waals surface area contributed by atoms with Crippen LogP contribution >= 0.6 is 0 Å². The Hall–Kier alpha value is -0.930. The van der Waals surface area contributed by atoms with Gasteiger partial charge in [0.25, 0.3) is 0 Å². The molecule has 15 heavy (non-hydrogen) atoms. The van der Waals surface area contributed by atoms with Crippen molar-refractivity contribution in [2.45, 2.75) is 18.9 Å². The molecule has 0 aromatic heterocycles. The van der Waals surface area contributed by atoms with Crippen LogP contribution in [0.4, 0.5) is 4.39 Å². The number of methoxy groups -OCH3 is 1. The number of piperidine rings is 1. The summed E-state index contributed by atoms with van der Waals surface area (Å²) in [5.74, 6) is -0.146. The minimum atomic E-state index is -0.146. The highest BCUT2D eigenvalue weighted by Gasteiger charge is 2.24. The molecule has 1 aromatic carbocycles. The highest BCUT2D eigenvalue weighted by atomic mass is 19.1. The average Bonchev–Trinajstić information content (AvgIpc) is 2.30. The SMILES string of the molecule is CO[C]1CCNC(c2ccccc2F)C1. The second kappa shape index (κ2) is 4.73. The Morgan fingerprint density at radius 3 is 2.93 bits per heavy atom. The van der Waals surface area contributed by atoms with Crippen molar-refractivity contribution in [3.63, 3.8) is 0 Å². The third kappa shape index (κ3) is 2.36. The first-order chi connectivity index (χ1) is 7.31. The van der Waals surface area contributed by atoms with Crippen LogP contribution in [-0.4, -0.2) is 13.7 Å². The molecule has 0 aliphatic carbocycles. The van der Waals surface area contributed by atoms with E-state index in [0.717, 1.165) is 31.1 Å². The summed E-state index contributed by atoms with van der Waals surface area (Å²) >= 11 is 0. The van der Waals surface area contributed by atoms with Crippen molar-refractivity contribution in [1.29, 1.82) is 0 Å². The molecule has 2 nitrogen and oxygen atoms in total. The maximum atomic E-state index is 13.5. The molecular weight excluding hydrogens is 193 g/mol. The molecule has 0 amide bonds. The van der Waals surface area contributed by atoms with E-state index in [4.69, 9.17) is 4.74 Å². The maximum Gasteiger partial charge on any atom is 0.127 e. The summed E-state index contributed by atoms with van der Waals surface area (Å²) in [6.45, 7) is 0.849. The molecule has 1 heterocycles. The van der Waals surface area contributed by atoms with Crippen LogP contribution in [0.15, 0.2) is 24.3 Å². The number of hydrogen-bond acceptors (Lipinski definition) is 2. The average molecular weight is 208 g/mol. The highest BCUT2D eigenvalue weighted by Crippen LogP contribution is 2.29. The predicted molar refractivity (Wildman–Crippen MR) is 56.6 cm³/mol. The van der Waals surface area contributed by atoms with E-state index >= 15 is 0 Å². The molecule has 2 rings (SSSR count). The number of halogens is 1. The van der Waals surface area contributed by atoms with E-state index in [-0.39, 0.29) is 11.9 Å². The third-order valence-electron chi connectivity index (χ3n) is 2.80. The molecular formula is C12H15FNO. The number of rotatable bonds is 2. The summed E-state index contributed by atoms with van der Waals surface area (Å²) in [7, 11) is 1.68. The van der Waals surface area contributed by atoms with Crippen LogP contribution in [0.2, 0.25) is 0 Å². The first kappa shape index (κ1) is 10.6. The molecule has 1 aromatic rings. The molecule has 1 radical (unpaired) electrons. The van der Waals surface area contributed by atoms with Gasteiger partial charge in [-0.15, -0.1) is 0 Å². The fourth-order valence-electron chi connectivity index (χ4n) is 1.95. The second-order valence-electron chi connectivity index (χ2n) is 3.73. The summed E-state index contributed by atoms with van der Waals surface area (Å²) < 4.78 is 18.8. The summed E-state index contributed by atoms with van der Waals surface area (Å²) in [6, 6.07) is 6.95. The zero-order valence-electron chi connectivity index (χ0n) is 8.79. The van der Waals surface area contributed by atoms with Gasteiger partial charge in [-0.05, 0) is 25.5 Å². The molecule has 1 atom stereocenters. The minimum absolute atomic E-state index is 0.0508. The third-order valence-corrected chi connectivity index (χ3v) is 2.80. The number of hydrogen-bond donors (Lipinski definition) is 1. The monoisotopic (exact) mass is 208 g/mol. The van der Waals surface area contributed by atoms with E-state index in [0.29, 0.717) is 0 Å². The van der Waals surface area contributed by atoms with Crippen molar-refractivity contribution in [3.05, 3.63) is 41.8 Å². The van der Waals surface area contributed by atoms with Gasteiger partial charge >= 0.3 is 0 Å². The van der Waals surface area contributed by atoms with Crippen LogP contribution in [-0.2, 0) is 4.74 Å². The van der Waals surface area contributed by atoms with E-state index in [1.54, 1.807) is 13.2 Å². The molecule has 0 saturated carbocycles. The van der Waals surface area contributed by atoms with Crippen molar-refractivity contribution < 1.29 is 9.13 Å². The highest BCUT2D eigenvalue weighted by molar-refractivity contribution is 5.22. The van der Waals surface area contributed by atoms with Gasteiger partial charge in [0.05, 0.1) is 6.10 Å². The lowest BCUT2D eigenvalue weighted by Gasteiger charge is -2.29. The Balaban J connectivity index is 2.13. The Morgan fingerprint density at radius 2 is 2.20 bits per heavy atom. The Morgan fingerprint density at radius 1 is 1.40 bits per heavy atom. The minimum Gasteiger partial charge on any atom is -0.375 e. The van der Waals surface area contributed by atoms with Crippen LogP contribution < -0.4 is 5.32 Å². The van der Waals surface area contributed by atoms with Crippen LogP contribution in [0.3, 0.4) is 0 Å². The van der Waals surface area contributed by atoms with Crippen LogP contribution in [0.25, 0.3) is 0 Å². The lowest BCUT2D eigenvalue weighted by atomic mass is 9.95. The second-order valence-corrected chi connectivity index (χ2v) is 3.73. The van der Waals surface area contributed by atoms with Gasteiger partial charge in [0.1, 0.15) is 5.82 Å². The van der Waals surface area contributed by atoms with Gasteiger partial charge in [-0.2, -0.15) is 0 Å². The zero-order valence-corrected chi connectivity index (χ0v) is 8.79. The van der Waals surface area contributed by atoms with E-state index in [9.17, 15) is 4.39 Å². The summed E-state index contributed by atoms with van der Waals surface area (Å²) in [5, 5.41) is 3.30. The Labute approximate surface area is 89.4 Å². The molecule has 1 aliphatic rings. The quantitative estimate of drug-likeness (QED) is 0.806. The van der Waals surface area contributed by atoms with E-state index in [1.807, 2.05) is 12.1 Å². The topological polar surface area (TPSA) is 21.3 Å². The van der Waals surface area contributed by atoms with E-state index in [2.05, 4.69) is 5.32 Å². The fraction of sp³-hybridized carbons (Fsp3) is 0.417. The summed E-state index contributed by atoms with van der Waals surface area (Å²) in [5.41, 5.74) is 0.728. The molecule has 0 bridgehead atoms. The lowest BCUT2D eigenvalue weighted by molar-refractivity contribution is 0.154. The first-order valence-corrected chi connectivity index (χ1v) is 5.17. The van der Waals surface area contributed by atoms with Crippen molar-refractivity contribution in [2.75, 3.05) is 13.7 Å². The molecule has 1 aliphatic heterocycles. The number of benzene rings is 1. The van der Waals surface area contributed by atoms with Gasteiger partial charge in [-0.25, -0.2) is 4.39 Å². The van der Waals surface area contributed by atoms with Crippen molar-refractivity contribution in [3.8, 4) is 0 Å². The molecule has 1 fully saturated rings. The molecule has 1 saturated heterocycles. The maximum absolute atomic E-state index is 13.5. The molecule has 1 N–H and O–H groups in total.